The van der Waals surface area contributed by atoms with Crippen LogP contribution in [0.25, 0.3) is 0 Å². The molecular weight excluding hydrogens is 234 g/mol. The number of hydrogen-bond donors (Lipinski definition) is 1. The number of hydrogen-bond acceptors (Lipinski definition) is 2. The van der Waals surface area contributed by atoms with E-state index in [1.165, 1.54) is 0 Å². The molecule has 1 N–H and O–H groups in total. The summed E-state index contributed by atoms with van der Waals surface area (Å²) in [6, 6.07) is 0. The maximum Gasteiger partial charge on any atom is 0.238 e. The summed E-state index contributed by atoms with van der Waals surface area (Å²) in [6.07, 6.45) is 0.668. The molecule has 0 aromatic heterocycles. The molecule has 0 spiro atoms. The Balaban J connectivity index is 2.62. The van der Waals surface area contributed by atoms with Gasteiger partial charge in [0.1, 0.15) is 0 Å². The van der Waals surface area contributed by atoms with Crippen LogP contribution >= 0.6 is 15.9 Å². The molecule has 76 valence electrons. The summed E-state index contributed by atoms with van der Waals surface area (Å²) < 4.78 is -0.520. The molecule has 1 rings (SSSR count). The normalized spacial score (nSPS) is 29.5. The van der Waals surface area contributed by atoms with Gasteiger partial charge in [-0.3, -0.25) is 4.79 Å². The van der Waals surface area contributed by atoms with Crippen LogP contribution in [0.4, 0.5) is 0 Å². The number of likely N-dealkylation sites (tertiary alicyclic amines) is 1. The average Bonchev–Trinajstić information content (AvgIpc) is 2.26. The van der Waals surface area contributed by atoms with Crippen molar-refractivity contribution in [2.45, 2.75) is 37.1 Å². The Morgan fingerprint density at radius 2 is 2.15 bits per heavy atom. The molecule has 0 aromatic carbocycles. The van der Waals surface area contributed by atoms with Crippen molar-refractivity contribution < 1.29 is 9.90 Å². The standard InChI is InChI=1S/C9H16BrNO2/c1-8(2,10)7(12)11-5-4-9(3,13)6-11/h13H,4-6H2,1-3H3. The summed E-state index contributed by atoms with van der Waals surface area (Å²) in [4.78, 5) is 13.4. The van der Waals surface area contributed by atoms with Crippen LogP contribution < -0.4 is 0 Å². The van der Waals surface area contributed by atoms with Gasteiger partial charge in [-0.05, 0) is 27.2 Å². The monoisotopic (exact) mass is 249 g/mol. The van der Waals surface area contributed by atoms with Crippen molar-refractivity contribution in [2.75, 3.05) is 13.1 Å². The second kappa shape index (κ2) is 3.24. The zero-order valence-corrected chi connectivity index (χ0v) is 9.89. The van der Waals surface area contributed by atoms with E-state index in [1.807, 2.05) is 13.8 Å². The number of amides is 1. The molecule has 0 radical (unpaired) electrons. The fraction of sp³-hybridized carbons (Fsp3) is 0.889. The third-order valence-electron chi connectivity index (χ3n) is 2.25. The van der Waals surface area contributed by atoms with E-state index in [0.29, 0.717) is 19.5 Å². The van der Waals surface area contributed by atoms with Gasteiger partial charge in [-0.1, -0.05) is 15.9 Å². The zero-order valence-electron chi connectivity index (χ0n) is 8.30. The molecule has 0 saturated carbocycles. The van der Waals surface area contributed by atoms with Crippen molar-refractivity contribution in [3.05, 3.63) is 0 Å². The highest BCUT2D eigenvalue weighted by molar-refractivity contribution is 9.10. The van der Waals surface area contributed by atoms with Crippen molar-refractivity contribution in [1.82, 2.24) is 4.90 Å². The minimum absolute atomic E-state index is 0.0466. The summed E-state index contributed by atoms with van der Waals surface area (Å²) in [5.41, 5.74) is -0.700. The fourth-order valence-corrected chi connectivity index (χ4v) is 1.75. The Bertz CT molecular complexity index is 220. The molecule has 4 heteroatoms. The van der Waals surface area contributed by atoms with Crippen LogP contribution in [0.15, 0.2) is 0 Å². The smallest absolute Gasteiger partial charge is 0.238 e. The lowest BCUT2D eigenvalue weighted by molar-refractivity contribution is -0.132. The minimum atomic E-state index is -0.700. The van der Waals surface area contributed by atoms with Crippen molar-refractivity contribution in [1.29, 1.82) is 0 Å². The zero-order chi connectivity index (χ0) is 10.3. The quantitative estimate of drug-likeness (QED) is 0.709. The van der Waals surface area contributed by atoms with E-state index in [4.69, 9.17) is 0 Å². The molecule has 1 atom stereocenters. The van der Waals surface area contributed by atoms with Crippen LogP contribution in [0.2, 0.25) is 0 Å². The third kappa shape index (κ3) is 2.68. The van der Waals surface area contributed by atoms with Crippen LogP contribution in [-0.4, -0.2) is 38.9 Å². The lowest BCUT2D eigenvalue weighted by Gasteiger charge is -2.25. The highest BCUT2D eigenvalue weighted by Crippen LogP contribution is 2.26. The predicted octanol–water partition coefficient (Wildman–Crippen LogP) is 1.14. The molecule has 0 bridgehead atoms. The number of halogens is 1. The summed E-state index contributed by atoms with van der Waals surface area (Å²) in [5.74, 6) is 0.0466. The Kier molecular flexibility index (Phi) is 2.74. The first-order chi connectivity index (χ1) is 5.72. The topological polar surface area (TPSA) is 40.5 Å². The molecule has 1 aliphatic rings. The van der Waals surface area contributed by atoms with Crippen molar-refractivity contribution in [3.8, 4) is 0 Å². The lowest BCUT2D eigenvalue weighted by atomic mass is 10.1. The average molecular weight is 250 g/mol. The van der Waals surface area contributed by atoms with Crippen LogP contribution in [0.1, 0.15) is 27.2 Å². The Morgan fingerprint density at radius 3 is 2.46 bits per heavy atom. The third-order valence-corrected chi connectivity index (χ3v) is 2.59. The number of aliphatic hydroxyl groups is 1. The molecule has 0 aromatic rings. The number of carbonyl (C=O) groups excluding carboxylic acids is 1. The number of rotatable bonds is 1. The summed E-state index contributed by atoms with van der Waals surface area (Å²) in [6.45, 7) is 6.51. The highest BCUT2D eigenvalue weighted by atomic mass is 79.9. The summed E-state index contributed by atoms with van der Waals surface area (Å²) in [5, 5.41) is 9.67. The molecule has 1 fully saturated rings. The first-order valence-electron chi connectivity index (χ1n) is 4.43. The van der Waals surface area contributed by atoms with Gasteiger partial charge in [0, 0.05) is 13.1 Å². The van der Waals surface area contributed by atoms with E-state index in [2.05, 4.69) is 15.9 Å². The molecule has 1 amide bonds. The van der Waals surface area contributed by atoms with E-state index in [-0.39, 0.29) is 5.91 Å². The number of alkyl halides is 1. The number of nitrogens with zero attached hydrogens (tertiary/aromatic N) is 1. The van der Waals surface area contributed by atoms with Crippen LogP contribution in [0.5, 0.6) is 0 Å². The Hall–Kier alpha value is -0.0900. The van der Waals surface area contributed by atoms with Gasteiger partial charge in [0.15, 0.2) is 0 Å². The number of carbonyl (C=O) groups is 1. The first-order valence-corrected chi connectivity index (χ1v) is 5.22. The van der Waals surface area contributed by atoms with E-state index < -0.39 is 9.93 Å². The van der Waals surface area contributed by atoms with Crippen LogP contribution in [-0.2, 0) is 4.79 Å². The maximum atomic E-state index is 11.7. The van der Waals surface area contributed by atoms with E-state index >= 15 is 0 Å². The molecular formula is C9H16BrNO2. The second-order valence-corrected chi connectivity index (χ2v) is 6.43. The largest absolute Gasteiger partial charge is 0.388 e. The van der Waals surface area contributed by atoms with Crippen molar-refractivity contribution >= 4 is 21.8 Å². The molecule has 1 unspecified atom stereocenters. The van der Waals surface area contributed by atoms with Gasteiger partial charge in [-0.25, -0.2) is 0 Å². The highest BCUT2D eigenvalue weighted by Gasteiger charge is 2.38. The molecule has 13 heavy (non-hydrogen) atoms. The van der Waals surface area contributed by atoms with Crippen LogP contribution in [0.3, 0.4) is 0 Å². The van der Waals surface area contributed by atoms with Crippen molar-refractivity contribution in [3.63, 3.8) is 0 Å². The van der Waals surface area contributed by atoms with Gasteiger partial charge >= 0.3 is 0 Å². The SMILES string of the molecule is CC1(O)CCN(C(=O)C(C)(C)Br)C1. The van der Waals surface area contributed by atoms with Crippen LogP contribution in [0, 0.1) is 0 Å². The van der Waals surface area contributed by atoms with Gasteiger partial charge in [0.2, 0.25) is 5.91 Å². The van der Waals surface area contributed by atoms with E-state index in [0.717, 1.165) is 0 Å². The molecule has 0 aliphatic carbocycles. The van der Waals surface area contributed by atoms with Crippen molar-refractivity contribution in [2.24, 2.45) is 0 Å². The van der Waals surface area contributed by atoms with E-state index in [9.17, 15) is 9.90 Å². The van der Waals surface area contributed by atoms with Gasteiger partial charge in [0.05, 0.1) is 9.93 Å². The first kappa shape index (κ1) is 11.0. The predicted molar refractivity (Wildman–Crippen MR) is 54.8 cm³/mol. The van der Waals surface area contributed by atoms with Gasteiger partial charge in [-0.2, -0.15) is 0 Å². The molecule has 1 saturated heterocycles. The maximum absolute atomic E-state index is 11.7. The number of β-amino-alcohol motifs (C(OH)–C–C–N with tert-alkyl or cyclic N) is 1. The summed E-state index contributed by atoms with van der Waals surface area (Å²) >= 11 is 3.32. The summed E-state index contributed by atoms with van der Waals surface area (Å²) in [7, 11) is 0. The van der Waals surface area contributed by atoms with E-state index in [1.54, 1.807) is 11.8 Å². The van der Waals surface area contributed by atoms with Gasteiger partial charge in [0.25, 0.3) is 0 Å². The lowest BCUT2D eigenvalue weighted by Crippen LogP contribution is -2.42. The van der Waals surface area contributed by atoms with Gasteiger partial charge in [-0.15, -0.1) is 0 Å². The Morgan fingerprint density at radius 1 is 1.62 bits per heavy atom. The minimum Gasteiger partial charge on any atom is -0.388 e. The fourth-order valence-electron chi connectivity index (χ4n) is 1.49. The molecule has 3 nitrogen and oxygen atoms in total. The van der Waals surface area contributed by atoms with Gasteiger partial charge < -0.3 is 10.0 Å². The molecule has 1 heterocycles. The Labute approximate surface area is 87.2 Å². The molecule has 1 aliphatic heterocycles. The second-order valence-electron chi connectivity index (χ2n) is 4.45.